The molecule has 2 heterocycles. The normalized spacial score (nSPS) is 15.2. The van der Waals surface area contributed by atoms with Gasteiger partial charge in [-0.3, -0.25) is 0 Å². The largest absolute Gasteiger partial charge is 0.349 e. The summed E-state index contributed by atoms with van der Waals surface area (Å²) in [5, 5.41) is 0. The fourth-order valence-corrected chi connectivity index (χ4v) is 2.60. The molecule has 0 fully saturated rings. The van der Waals surface area contributed by atoms with E-state index in [0.717, 1.165) is 0 Å². The molecule has 1 aromatic carbocycles. The third kappa shape index (κ3) is 1.46. The van der Waals surface area contributed by atoms with Crippen LogP contribution in [0.2, 0.25) is 0 Å². The zero-order chi connectivity index (χ0) is 11.8. The van der Waals surface area contributed by atoms with Gasteiger partial charge in [0.25, 0.3) is 0 Å². The minimum absolute atomic E-state index is 0.268. The number of nitrogens with zero attached hydrogens (tertiary/aromatic N) is 2. The molecule has 1 aromatic heterocycles. The summed E-state index contributed by atoms with van der Waals surface area (Å²) >= 11 is 0. The third-order valence-electron chi connectivity index (χ3n) is 3.40. The van der Waals surface area contributed by atoms with Gasteiger partial charge in [-0.05, 0) is 18.2 Å². The number of hydrogen-bond donors (Lipinski definition) is 0. The lowest BCUT2D eigenvalue weighted by atomic mass is 10.2. The van der Waals surface area contributed by atoms with Gasteiger partial charge in [0.15, 0.2) is 12.4 Å². The number of nitrogens with one attached hydrogen (secondary N) is 1. The van der Waals surface area contributed by atoms with E-state index in [9.17, 15) is 0 Å². The Morgan fingerprint density at radius 3 is 2.12 bits per heavy atom. The van der Waals surface area contributed by atoms with E-state index in [0.29, 0.717) is 0 Å². The Balaban J connectivity index is 2.06. The molecule has 0 saturated heterocycles. The fourth-order valence-electron chi connectivity index (χ4n) is 2.60. The van der Waals surface area contributed by atoms with Gasteiger partial charge in [0.05, 0.1) is 16.9 Å². The summed E-state index contributed by atoms with van der Waals surface area (Å²) in [5.74, 6) is 0. The highest BCUT2D eigenvalue weighted by atomic mass is 15.4. The summed E-state index contributed by atoms with van der Waals surface area (Å²) in [6.07, 6.45) is 4.26. The maximum atomic E-state index is 3.15. The molecule has 3 rings (SSSR count). The van der Waals surface area contributed by atoms with Gasteiger partial charge in [-0.2, -0.15) is 0 Å². The number of para-hydroxylation sites is 2. The van der Waals surface area contributed by atoms with Crippen LogP contribution in [0.3, 0.4) is 0 Å². The molecule has 3 heteroatoms. The molecule has 0 bridgehead atoms. The molecule has 0 unspecified atom stereocenters. The van der Waals surface area contributed by atoms with Gasteiger partial charge in [0, 0.05) is 20.2 Å². The first-order chi connectivity index (χ1) is 8.29. The highest BCUT2D eigenvalue weighted by molar-refractivity contribution is 5.77. The first-order valence-corrected chi connectivity index (χ1v) is 5.80. The molecule has 0 radical (unpaired) electrons. The van der Waals surface area contributed by atoms with E-state index in [-0.39, 0.29) is 6.17 Å². The predicted octanol–water partition coefficient (Wildman–Crippen LogP) is 2.09. The van der Waals surface area contributed by atoms with Crippen molar-refractivity contribution in [2.45, 2.75) is 6.17 Å². The molecule has 0 aliphatic carbocycles. The molecule has 1 aliphatic rings. The minimum atomic E-state index is 0.268. The molecule has 1 N–H and O–H groups in total. The van der Waals surface area contributed by atoms with Crippen molar-refractivity contribution >= 4 is 11.4 Å². The lowest BCUT2D eigenvalue weighted by Gasteiger charge is -2.26. The first-order valence-electron chi connectivity index (χ1n) is 5.80. The summed E-state index contributed by atoms with van der Waals surface area (Å²) < 4.78 is 0. The third-order valence-corrected chi connectivity index (χ3v) is 3.40. The highest BCUT2D eigenvalue weighted by Crippen LogP contribution is 2.43. The smallest absolute Gasteiger partial charge is 0.174 e. The second kappa shape index (κ2) is 3.77. The lowest BCUT2D eigenvalue weighted by molar-refractivity contribution is -0.378. The number of anilines is 2. The van der Waals surface area contributed by atoms with Gasteiger partial charge < -0.3 is 9.80 Å². The average molecular weight is 226 g/mol. The molecule has 0 atom stereocenters. The summed E-state index contributed by atoms with van der Waals surface area (Å²) in [5.41, 5.74) is 3.83. The number of benzene rings is 1. The summed E-state index contributed by atoms with van der Waals surface area (Å²) in [7, 11) is 4.28. The number of aromatic nitrogens is 1. The van der Waals surface area contributed by atoms with Crippen LogP contribution in [0.5, 0.6) is 0 Å². The van der Waals surface area contributed by atoms with Gasteiger partial charge in [-0.15, -0.1) is 0 Å². The second-order valence-electron chi connectivity index (χ2n) is 4.42. The van der Waals surface area contributed by atoms with E-state index in [2.05, 4.69) is 65.4 Å². The van der Waals surface area contributed by atoms with E-state index < -0.39 is 0 Å². The van der Waals surface area contributed by atoms with Crippen molar-refractivity contribution in [1.29, 1.82) is 0 Å². The first kappa shape index (κ1) is 10.1. The minimum Gasteiger partial charge on any atom is -0.349 e. The second-order valence-corrected chi connectivity index (χ2v) is 4.42. The Bertz CT molecular complexity index is 495. The zero-order valence-corrected chi connectivity index (χ0v) is 10.1. The molecular weight excluding hydrogens is 210 g/mol. The van der Waals surface area contributed by atoms with Crippen LogP contribution in [0.1, 0.15) is 11.7 Å². The number of hydrogen-bond acceptors (Lipinski definition) is 2. The number of rotatable bonds is 1. The molecule has 0 amide bonds. The molecule has 1 aliphatic heterocycles. The topological polar surface area (TPSA) is 20.6 Å². The quantitative estimate of drug-likeness (QED) is 0.742. The molecule has 0 spiro atoms. The molecule has 3 nitrogen and oxygen atoms in total. The summed E-state index contributed by atoms with van der Waals surface area (Å²) in [4.78, 5) is 7.76. The van der Waals surface area contributed by atoms with Gasteiger partial charge >= 0.3 is 0 Å². The van der Waals surface area contributed by atoms with E-state index >= 15 is 0 Å². The zero-order valence-electron chi connectivity index (χ0n) is 10.1. The van der Waals surface area contributed by atoms with Crippen LogP contribution < -0.4 is 14.8 Å². The number of H-pyrrole nitrogens is 1. The fraction of sp³-hybridized carbons (Fsp3) is 0.214. The molecule has 0 saturated carbocycles. The standard InChI is InChI=1S/C14H15N3/c1-16-12-7-3-4-8-13(12)17(2)14(16)11-6-5-9-15-10-11/h3-10,14H,1-2H3/p+1. The Morgan fingerprint density at radius 2 is 1.59 bits per heavy atom. The molecule has 86 valence electrons. The Kier molecular flexibility index (Phi) is 2.25. The van der Waals surface area contributed by atoms with Crippen LogP contribution >= 0.6 is 0 Å². The number of fused-ring (bicyclic) bond motifs is 1. The number of pyridine rings is 1. The summed E-state index contributed by atoms with van der Waals surface area (Å²) in [6, 6.07) is 12.7. The Labute approximate surface area is 101 Å². The van der Waals surface area contributed by atoms with E-state index in [1.807, 2.05) is 12.3 Å². The van der Waals surface area contributed by atoms with Gasteiger partial charge in [0.2, 0.25) is 0 Å². The van der Waals surface area contributed by atoms with Crippen molar-refractivity contribution in [2.75, 3.05) is 23.9 Å². The molecule has 17 heavy (non-hydrogen) atoms. The van der Waals surface area contributed by atoms with Gasteiger partial charge in [-0.25, -0.2) is 4.98 Å². The summed E-state index contributed by atoms with van der Waals surface area (Å²) in [6.45, 7) is 0. The van der Waals surface area contributed by atoms with Crippen molar-refractivity contribution in [2.24, 2.45) is 0 Å². The average Bonchev–Trinajstić information content (AvgIpc) is 2.64. The molecule has 2 aromatic rings. The Morgan fingerprint density at radius 1 is 0.941 bits per heavy atom. The van der Waals surface area contributed by atoms with E-state index in [1.54, 1.807) is 0 Å². The van der Waals surface area contributed by atoms with Gasteiger partial charge in [0.1, 0.15) is 6.17 Å². The number of aromatic amines is 1. The van der Waals surface area contributed by atoms with Crippen molar-refractivity contribution in [1.82, 2.24) is 0 Å². The maximum absolute atomic E-state index is 3.15. The van der Waals surface area contributed by atoms with Crippen LogP contribution in [-0.4, -0.2) is 14.1 Å². The Hall–Kier alpha value is -2.03. The monoisotopic (exact) mass is 226 g/mol. The van der Waals surface area contributed by atoms with Crippen LogP contribution in [0, 0.1) is 0 Å². The van der Waals surface area contributed by atoms with Crippen LogP contribution in [0.15, 0.2) is 48.8 Å². The van der Waals surface area contributed by atoms with Crippen LogP contribution in [0.25, 0.3) is 0 Å². The maximum Gasteiger partial charge on any atom is 0.174 e. The highest BCUT2D eigenvalue weighted by Gasteiger charge is 2.32. The SMILES string of the molecule is CN1c2ccccc2N(C)C1c1ccc[nH+]c1. The van der Waals surface area contributed by atoms with Crippen molar-refractivity contribution in [3.05, 3.63) is 54.4 Å². The van der Waals surface area contributed by atoms with Crippen molar-refractivity contribution in [3.63, 3.8) is 0 Å². The molecular formula is C14H16N3+. The van der Waals surface area contributed by atoms with Gasteiger partial charge in [-0.1, -0.05) is 12.1 Å². The van der Waals surface area contributed by atoms with Crippen molar-refractivity contribution < 1.29 is 4.98 Å². The van der Waals surface area contributed by atoms with E-state index in [4.69, 9.17) is 0 Å². The lowest BCUT2D eigenvalue weighted by Crippen LogP contribution is -2.31. The predicted molar refractivity (Wildman–Crippen MR) is 69.0 cm³/mol. The van der Waals surface area contributed by atoms with Crippen LogP contribution in [-0.2, 0) is 0 Å². The van der Waals surface area contributed by atoms with Crippen LogP contribution in [0.4, 0.5) is 11.4 Å². The van der Waals surface area contributed by atoms with E-state index in [1.165, 1.54) is 16.9 Å². The van der Waals surface area contributed by atoms with Crippen molar-refractivity contribution in [3.8, 4) is 0 Å².